The van der Waals surface area contributed by atoms with E-state index in [0.717, 1.165) is 19.6 Å². The fraction of sp³-hybridized carbons (Fsp3) is 0.786. The summed E-state index contributed by atoms with van der Waals surface area (Å²) in [5.74, 6) is 0. The van der Waals surface area contributed by atoms with Crippen molar-refractivity contribution in [1.82, 2.24) is 19.6 Å². The van der Waals surface area contributed by atoms with Crippen LogP contribution in [0.4, 0.5) is 0 Å². The molecule has 0 aromatic carbocycles. The van der Waals surface area contributed by atoms with E-state index in [1.807, 2.05) is 10.9 Å². The lowest BCUT2D eigenvalue weighted by molar-refractivity contribution is 0.0458. The molecule has 2 unspecified atom stereocenters. The van der Waals surface area contributed by atoms with Crippen LogP contribution in [0, 0.1) is 0 Å². The zero-order chi connectivity index (χ0) is 13.3. The molecule has 1 aromatic rings. The standard InChI is InChI=1S/C14H26N4/c1-11(2)18-10-14(6-15-18)9-17-12(3)7-16(5)8-13(17)4/h6,10-13H,7-9H2,1-5H3. The van der Waals surface area contributed by atoms with Crippen molar-refractivity contribution in [3.8, 4) is 0 Å². The number of nitrogens with zero attached hydrogens (tertiary/aromatic N) is 4. The first kappa shape index (κ1) is 13.6. The number of hydrogen-bond acceptors (Lipinski definition) is 3. The molecule has 2 heterocycles. The van der Waals surface area contributed by atoms with Crippen LogP contribution in [0.5, 0.6) is 0 Å². The van der Waals surface area contributed by atoms with Crippen LogP contribution >= 0.6 is 0 Å². The van der Waals surface area contributed by atoms with Crippen molar-refractivity contribution in [2.24, 2.45) is 0 Å². The third-order valence-corrected chi connectivity index (χ3v) is 3.83. The van der Waals surface area contributed by atoms with Crippen LogP contribution in [-0.4, -0.2) is 51.8 Å². The molecule has 1 aromatic heterocycles. The van der Waals surface area contributed by atoms with E-state index in [2.05, 4.69) is 55.8 Å². The van der Waals surface area contributed by atoms with Crippen LogP contribution < -0.4 is 0 Å². The molecule has 1 fully saturated rings. The first-order valence-corrected chi connectivity index (χ1v) is 6.94. The van der Waals surface area contributed by atoms with E-state index in [4.69, 9.17) is 0 Å². The van der Waals surface area contributed by atoms with Crippen molar-refractivity contribution in [1.29, 1.82) is 0 Å². The molecule has 1 aliphatic rings. The van der Waals surface area contributed by atoms with Gasteiger partial charge < -0.3 is 4.90 Å². The molecule has 0 bridgehead atoms. The summed E-state index contributed by atoms with van der Waals surface area (Å²) in [6, 6.07) is 1.67. The summed E-state index contributed by atoms with van der Waals surface area (Å²) < 4.78 is 2.04. The minimum absolute atomic E-state index is 0.445. The lowest BCUT2D eigenvalue weighted by atomic mass is 10.1. The monoisotopic (exact) mass is 250 g/mol. The van der Waals surface area contributed by atoms with Gasteiger partial charge in [0.2, 0.25) is 0 Å². The zero-order valence-corrected chi connectivity index (χ0v) is 12.3. The van der Waals surface area contributed by atoms with Gasteiger partial charge in [0.1, 0.15) is 0 Å². The van der Waals surface area contributed by atoms with Crippen molar-refractivity contribution in [2.75, 3.05) is 20.1 Å². The highest BCUT2D eigenvalue weighted by atomic mass is 15.3. The van der Waals surface area contributed by atoms with Crippen molar-refractivity contribution in [2.45, 2.75) is 52.4 Å². The normalized spacial score (nSPS) is 27.0. The minimum atomic E-state index is 0.445. The second kappa shape index (κ2) is 5.41. The van der Waals surface area contributed by atoms with Crippen LogP contribution in [-0.2, 0) is 6.54 Å². The fourth-order valence-electron chi connectivity index (χ4n) is 2.88. The average Bonchev–Trinajstić information content (AvgIpc) is 2.71. The summed E-state index contributed by atoms with van der Waals surface area (Å²) in [4.78, 5) is 5.01. The quantitative estimate of drug-likeness (QED) is 0.820. The Morgan fingerprint density at radius 2 is 1.89 bits per heavy atom. The molecule has 0 radical (unpaired) electrons. The first-order valence-electron chi connectivity index (χ1n) is 6.94. The van der Waals surface area contributed by atoms with E-state index in [9.17, 15) is 0 Å². The Morgan fingerprint density at radius 3 is 2.39 bits per heavy atom. The molecule has 1 saturated heterocycles. The highest BCUT2D eigenvalue weighted by Crippen LogP contribution is 2.18. The second-order valence-corrected chi connectivity index (χ2v) is 6.01. The predicted molar refractivity (Wildman–Crippen MR) is 74.6 cm³/mol. The maximum Gasteiger partial charge on any atom is 0.0534 e. The maximum atomic E-state index is 4.43. The molecule has 4 heteroatoms. The van der Waals surface area contributed by atoms with Crippen molar-refractivity contribution in [3.63, 3.8) is 0 Å². The average molecular weight is 250 g/mol. The van der Waals surface area contributed by atoms with Gasteiger partial charge in [-0.3, -0.25) is 9.58 Å². The lowest BCUT2D eigenvalue weighted by Crippen LogP contribution is -2.54. The topological polar surface area (TPSA) is 24.3 Å². The third-order valence-electron chi connectivity index (χ3n) is 3.83. The minimum Gasteiger partial charge on any atom is -0.303 e. The van der Waals surface area contributed by atoms with Crippen molar-refractivity contribution in [3.05, 3.63) is 18.0 Å². The Kier molecular flexibility index (Phi) is 4.07. The van der Waals surface area contributed by atoms with Crippen LogP contribution in [0.1, 0.15) is 39.3 Å². The maximum absolute atomic E-state index is 4.43. The van der Waals surface area contributed by atoms with E-state index in [0.29, 0.717) is 18.1 Å². The van der Waals surface area contributed by atoms with Gasteiger partial charge in [0.15, 0.2) is 0 Å². The first-order chi connectivity index (χ1) is 8.47. The summed E-state index contributed by atoms with van der Waals surface area (Å²) in [6.07, 6.45) is 4.19. The SMILES string of the molecule is CC1CN(C)CC(C)N1Cc1cnn(C(C)C)c1. The fourth-order valence-corrected chi connectivity index (χ4v) is 2.88. The highest BCUT2D eigenvalue weighted by Gasteiger charge is 2.27. The summed E-state index contributed by atoms with van der Waals surface area (Å²) in [5.41, 5.74) is 1.33. The zero-order valence-electron chi connectivity index (χ0n) is 12.3. The molecule has 2 atom stereocenters. The summed E-state index contributed by atoms with van der Waals surface area (Å²) in [7, 11) is 2.21. The van der Waals surface area contributed by atoms with Crippen molar-refractivity contribution < 1.29 is 0 Å². The Labute approximate surface area is 111 Å². The van der Waals surface area contributed by atoms with Crippen LogP contribution in [0.25, 0.3) is 0 Å². The molecule has 0 N–H and O–H groups in total. The summed E-state index contributed by atoms with van der Waals surface area (Å²) >= 11 is 0. The second-order valence-electron chi connectivity index (χ2n) is 6.01. The molecule has 18 heavy (non-hydrogen) atoms. The van der Waals surface area contributed by atoms with Gasteiger partial charge in [-0.2, -0.15) is 5.10 Å². The van der Waals surface area contributed by atoms with Crippen LogP contribution in [0.2, 0.25) is 0 Å². The molecular weight excluding hydrogens is 224 g/mol. The third kappa shape index (κ3) is 2.93. The number of rotatable bonds is 3. The van der Waals surface area contributed by atoms with E-state index < -0.39 is 0 Å². The number of aromatic nitrogens is 2. The molecule has 2 rings (SSSR count). The van der Waals surface area contributed by atoms with Gasteiger partial charge in [0.05, 0.1) is 6.20 Å². The van der Waals surface area contributed by atoms with E-state index in [-0.39, 0.29) is 0 Å². The molecule has 0 aliphatic carbocycles. The Morgan fingerprint density at radius 1 is 1.28 bits per heavy atom. The molecule has 0 amide bonds. The van der Waals surface area contributed by atoms with E-state index in [1.165, 1.54) is 5.56 Å². The number of hydrogen-bond donors (Lipinski definition) is 0. The predicted octanol–water partition coefficient (Wildman–Crippen LogP) is 1.99. The van der Waals surface area contributed by atoms with E-state index >= 15 is 0 Å². The molecule has 4 nitrogen and oxygen atoms in total. The molecular formula is C14H26N4. The van der Waals surface area contributed by atoms with Gasteiger partial charge >= 0.3 is 0 Å². The smallest absolute Gasteiger partial charge is 0.0534 e. The molecule has 0 saturated carbocycles. The van der Waals surface area contributed by atoms with Crippen molar-refractivity contribution >= 4 is 0 Å². The van der Waals surface area contributed by atoms with Crippen LogP contribution in [0.15, 0.2) is 12.4 Å². The van der Waals surface area contributed by atoms with Gasteiger partial charge in [0.25, 0.3) is 0 Å². The summed E-state index contributed by atoms with van der Waals surface area (Å²) in [6.45, 7) is 12.3. The number of piperazine rings is 1. The number of likely N-dealkylation sites (N-methyl/N-ethyl adjacent to an activating group) is 1. The molecule has 102 valence electrons. The Bertz CT molecular complexity index is 373. The van der Waals surface area contributed by atoms with Gasteiger partial charge in [-0.15, -0.1) is 0 Å². The largest absolute Gasteiger partial charge is 0.303 e. The molecule has 0 spiro atoms. The lowest BCUT2D eigenvalue weighted by Gasteiger charge is -2.43. The van der Waals surface area contributed by atoms with Crippen LogP contribution in [0.3, 0.4) is 0 Å². The van der Waals surface area contributed by atoms with Gasteiger partial charge in [-0.1, -0.05) is 0 Å². The van der Waals surface area contributed by atoms with Gasteiger partial charge in [-0.25, -0.2) is 0 Å². The van der Waals surface area contributed by atoms with Gasteiger partial charge in [-0.05, 0) is 34.7 Å². The summed E-state index contributed by atoms with van der Waals surface area (Å²) in [5, 5.41) is 4.43. The molecule has 1 aliphatic heterocycles. The highest BCUT2D eigenvalue weighted by molar-refractivity contribution is 5.05. The Balaban J connectivity index is 2.03. The van der Waals surface area contributed by atoms with Gasteiger partial charge in [0, 0.05) is 49.5 Å². The van der Waals surface area contributed by atoms with E-state index in [1.54, 1.807) is 0 Å². The Hall–Kier alpha value is -0.870.